The first-order valence-electron chi connectivity index (χ1n) is 11.1. The minimum absolute atomic E-state index is 0.452. The van der Waals surface area contributed by atoms with Gasteiger partial charge in [0.2, 0.25) is 5.16 Å². The number of aryl methyl sites for hydroxylation is 1. The molecule has 0 saturated carbocycles. The van der Waals surface area contributed by atoms with Gasteiger partial charge in [-0.05, 0) is 68.9 Å². The van der Waals surface area contributed by atoms with Gasteiger partial charge in [0.25, 0.3) is 0 Å². The van der Waals surface area contributed by atoms with Crippen LogP contribution in [0.4, 0.5) is 0 Å². The van der Waals surface area contributed by atoms with Gasteiger partial charge in [-0.15, -0.1) is 10.2 Å². The van der Waals surface area contributed by atoms with Gasteiger partial charge >= 0.3 is 0 Å². The van der Waals surface area contributed by atoms with E-state index in [2.05, 4.69) is 73.2 Å². The van der Waals surface area contributed by atoms with Crippen LogP contribution in [0.2, 0.25) is 0 Å². The van der Waals surface area contributed by atoms with E-state index in [4.69, 9.17) is 0 Å². The number of rotatable bonds is 5. The van der Waals surface area contributed by atoms with E-state index in [9.17, 15) is 0 Å². The smallest absolute Gasteiger partial charge is 0.217 e. The van der Waals surface area contributed by atoms with Gasteiger partial charge in [0, 0.05) is 52.9 Å². The minimum atomic E-state index is 0.452. The largest absolute Gasteiger partial charge is 0.297 e. The third-order valence-electron chi connectivity index (χ3n) is 6.16. The first kappa shape index (κ1) is 20.3. The third kappa shape index (κ3) is 3.77. The topological polar surface area (TPSA) is 77.0 Å². The fourth-order valence-corrected chi connectivity index (χ4v) is 4.96. The van der Waals surface area contributed by atoms with Gasteiger partial charge in [-0.25, -0.2) is 0 Å². The number of nitrogens with zero attached hydrogens (tertiary/aromatic N) is 8. The lowest BCUT2D eigenvalue weighted by atomic mass is 10.1. The molecule has 0 radical (unpaired) electrons. The third-order valence-corrected chi connectivity index (χ3v) is 7.09. The monoisotopic (exact) mass is 456 g/mol. The van der Waals surface area contributed by atoms with Crippen molar-refractivity contribution < 1.29 is 0 Å². The molecular formula is C24H24N8S. The number of likely N-dealkylation sites (tertiary alicyclic amines) is 1. The fraction of sp³-hybridized carbons (Fsp3) is 0.292. The highest BCUT2D eigenvalue weighted by atomic mass is 32.2. The Kier molecular flexibility index (Phi) is 4.88. The van der Waals surface area contributed by atoms with E-state index in [1.807, 2.05) is 37.5 Å². The molecule has 5 aromatic rings. The summed E-state index contributed by atoms with van der Waals surface area (Å²) in [7, 11) is 0. The van der Waals surface area contributed by atoms with Crippen molar-refractivity contribution in [2.24, 2.45) is 0 Å². The van der Waals surface area contributed by atoms with Gasteiger partial charge in [-0.2, -0.15) is 14.7 Å². The van der Waals surface area contributed by atoms with Gasteiger partial charge < -0.3 is 0 Å². The lowest BCUT2D eigenvalue weighted by Gasteiger charge is -2.41. The van der Waals surface area contributed by atoms with Crippen LogP contribution in [0.25, 0.3) is 27.7 Å². The molecule has 8 nitrogen and oxygen atoms in total. The summed E-state index contributed by atoms with van der Waals surface area (Å²) in [5.74, 6) is 0. The average Bonchev–Trinajstić information content (AvgIpc) is 3.40. The summed E-state index contributed by atoms with van der Waals surface area (Å²) >= 11 is 1.55. The SMILES string of the molecule is Cc1ccc2nnc(Sc3ccc4ncc(-c5cnn(C6CN(C(C)C)C6)c5)cc4c3)n2n1. The van der Waals surface area contributed by atoms with E-state index < -0.39 is 0 Å². The van der Waals surface area contributed by atoms with E-state index in [1.54, 1.807) is 16.3 Å². The number of benzene rings is 1. The zero-order chi connectivity index (χ0) is 22.5. The Morgan fingerprint density at radius 3 is 2.73 bits per heavy atom. The Labute approximate surface area is 195 Å². The summed E-state index contributed by atoms with van der Waals surface area (Å²) in [6.45, 7) is 8.55. The second-order valence-electron chi connectivity index (χ2n) is 8.82. The van der Waals surface area contributed by atoms with Crippen molar-refractivity contribution in [2.45, 2.75) is 42.9 Å². The molecule has 0 bridgehead atoms. The maximum absolute atomic E-state index is 4.68. The summed E-state index contributed by atoms with van der Waals surface area (Å²) in [6, 6.07) is 13.3. The van der Waals surface area contributed by atoms with Crippen LogP contribution in [-0.4, -0.2) is 58.6 Å². The molecule has 1 aromatic carbocycles. The summed E-state index contributed by atoms with van der Waals surface area (Å²) < 4.78 is 3.88. The van der Waals surface area contributed by atoms with Crippen LogP contribution in [0.15, 0.2) is 65.0 Å². The number of hydrogen-bond donors (Lipinski definition) is 0. The standard InChI is InChI=1S/C24H24N8S/c1-15(2)30-13-20(14-30)31-12-19(11-26-31)18-8-17-9-21(5-6-22(17)25-10-18)33-24-28-27-23-7-4-16(3)29-32(23)24/h4-12,15,20H,13-14H2,1-3H3. The molecule has 1 aliphatic heterocycles. The second-order valence-corrected chi connectivity index (χ2v) is 9.86. The predicted molar refractivity (Wildman–Crippen MR) is 128 cm³/mol. The van der Waals surface area contributed by atoms with Crippen molar-refractivity contribution in [3.63, 3.8) is 0 Å². The van der Waals surface area contributed by atoms with Gasteiger partial charge in [-0.1, -0.05) is 0 Å². The average molecular weight is 457 g/mol. The zero-order valence-electron chi connectivity index (χ0n) is 18.8. The molecule has 1 aliphatic rings. The predicted octanol–water partition coefficient (Wildman–Crippen LogP) is 4.26. The summed E-state index contributed by atoms with van der Waals surface area (Å²) in [4.78, 5) is 8.20. The normalized spacial score (nSPS) is 15.0. The molecule has 9 heteroatoms. The molecule has 0 aliphatic carbocycles. The Morgan fingerprint density at radius 1 is 1.00 bits per heavy atom. The van der Waals surface area contributed by atoms with Crippen molar-refractivity contribution in [1.29, 1.82) is 0 Å². The lowest BCUT2D eigenvalue weighted by molar-refractivity contribution is 0.0675. The molecule has 0 atom stereocenters. The van der Waals surface area contributed by atoms with Crippen molar-refractivity contribution in [3.8, 4) is 11.1 Å². The van der Waals surface area contributed by atoms with Crippen LogP contribution in [0.5, 0.6) is 0 Å². The van der Waals surface area contributed by atoms with E-state index in [0.717, 1.165) is 56.5 Å². The number of hydrogen-bond acceptors (Lipinski definition) is 7. The van der Waals surface area contributed by atoms with Crippen LogP contribution in [0.3, 0.4) is 0 Å². The van der Waals surface area contributed by atoms with E-state index in [0.29, 0.717) is 12.1 Å². The molecule has 1 fully saturated rings. The first-order chi connectivity index (χ1) is 16.0. The summed E-state index contributed by atoms with van der Waals surface area (Å²) in [6.07, 6.45) is 6.01. The van der Waals surface area contributed by atoms with E-state index >= 15 is 0 Å². The zero-order valence-corrected chi connectivity index (χ0v) is 19.6. The van der Waals surface area contributed by atoms with Crippen LogP contribution in [0, 0.1) is 6.92 Å². The quantitative estimate of drug-likeness (QED) is 0.391. The van der Waals surface area contributed by atoms with Crippen molar-refractivity contribution in [2.75, 3.05) is 13.1 Å². The van der Waals surface area contributed by atoms with Gasteiger partial charge in [0.05, 0.1) is 23.4 Å². The van der Waals surface area contributed by atoms with Crippen molar-refractivity contribution in [1.82, 2.24) is 39.5 Å². The number of aromatic nitrogens is 7. The second kappa shape index (κ2) is 7.93. The maximum Gasteiger partial charge on any atom is 0.217 e. The highest BCUT2D eigenvalue weighted by Crippen LogP contribution is 2.31. The molecule has 0 N–H and O–H groups in total. The van der Waals surface area contributed by atoms with Crippen molar-refractivity contribution in [3.05, 3.63) is 60.7 Å². The van der Waals surface area contributed by atoms with E-state index in [-0.39, 0.29) is 0 Å². The van der Waals surface area contributed by atoms with Crippen LogP contribution >= 0.6 is 11.8 Å². The first-order valence-corrected chi connectivity index (χ1v) is 11.9. The Hall–Kier alpha value is -3.30. The molecule has 0 unspecified atom stereocenters. The molecule has 6 rings (SSSR count). The molecule has 166 valence electrons. The van der Waals surface area contributed by atoms with E-state index in [1.165, 1.54) is 0 Å². The van der Waals surface area contributed by atoms with Crippen LogP contribution < -0.4 is 0 Å². The minimum Gasteiger partial charge on any atom is -0.297 e. The fourth-order valence-electron chi connectivity index (χ4n) is 4.12. The molecular weight excluding hydrogens is 432 g/mol. The molecule has 33 heavy (non-hydrogen) atoms. The lowest BCUT2D eigenvalue weighted by Crippen LogP contribution is -2.50. The van der Waals surface area contributed by atoms with Gasteiger partial charge in [0.1, 0.15) is 0 Å². The van der Waals surface area contributed by atoms with Gasteiger partial charge in [0.15, 0.2) is 5.65 Å². The van der Waals surface area contributed by atoms with Crippen LogP contribution in [0.1, 0.15) is 25.6 Å². The Bertz CT molecular complexity index is 1460. The van der Waals surface area contributed by atoms with Crippen LogP contribution in [-0.2, 0) is 0 Å². The summed E-state index contributed by atoms with van der Waals surface area (Å²) in [5, 5.41) is 19.5. The van der Waals surface area contributed by atoms with Crippen molar-refractivity contribution >= 4 is 28.3 Å². The van der Waals surface area contributed by atoms with Gasteiger partial charge in [-0.3, -0.25) is 14.6 Å². The maximum atomic E-state index is 4.68. The highest BCUT2D eigenvalue weighted by Gasteiger charge is 2.30. The number of pyridine rings is 1. The Balaban J connectivity index is 1.26. The molecule has 1 saturated heterocycles. The highest BCUT2D eigenvalue weighted by molar-refractivity contribution is 7.99. The number of fused-ring (bicyclic) bond motifs is 2. The molecule has 5 heterocycles. The summed E-state index contributed by atoms with van der Waals surface area (Å²) in [5.41, 5.74) is 4.79. The molecule has 4 aromatic heterocycles. The Morgan fingerprint density at radius 2 is 1.88 bits per heavy atom. The molecule has 0 amide bonds. The molecule has 0 spiro atoms.